The van der Waals surface area contributed by atoms with Gasteiger partial charge in [0.1, 0.15) is 10.8 Å². The van der Waals surface area contributed by atoms with Gasteiger partial charge in [-0.1, -0.05) is 24.3 Å². The smallest absolute Gasteiger partial charge is 0.416 e. The standard InChI is InChI=1S/C28H33F3N2O4S/c1-18-15-20(7-12-23(18)37-27(3,4)26(34)35)16-33(13-6-14-36-5)17-24-19(2)32-25(38-24)21-8-10-22(11-9-21)28(29,30)31/h7-12,15H,6,13-14,16-17H2,1-5H3,(H,34,35). The third-order valence-electron chi connectivity index (χ3n) is 6.07. The molecule has 0 unspecified atom stereocenters. The van der Waals surface area contributed by atoms with E-state index in [2.05, 4.69) is 9.88 Å². The van der Waals surface area contributed by atoms with E-state index in [0.29, 0.717) is 36.0 Å². The maximum absolute atomic E-state index is 12.9. The summed E-state index contributed by atoms with van der Waals surface area (Å²) in [6.07, 6.45) is -3.55. The largest absolute Gasteiger partial charge is 0.478 e. The van der Waals surface area contributed by atoms with Crippen LogP contribution in [0.25, 0.3) is 10.6 Å². The summed E-state index contributed by atoms with van der Waals surface area (Å²) < 4.78 is 49.7. The number of methoxy groups -OCH3 is 1. The van der Waals surface area contributed by atoms with Crippen molar-refractivity contribution in [3.8, 4) is 16.3 Å². The lowest BCUT2D eigenvalue weighted by Gasteiger charge is -2.24. The molecule has 0 amide bonds. The summed E-state index contributed by atoms with van der Waals surface area (Å²) in [6.45, 7) is 9.46. The molecule has 3 rings (SSSR count). The number of nitrogens with zero attached hydrogens (tertiary/aromatic N) is 2. The summed E-state index contributed by atoms with van der Waals surface area (Å²) >= 11 is 1.48. The van der Waals surface area contributed by atoms with Crippen LogP contribution in [0.1, 0.15) is 47.5 Å². The van der Waals surface area contributed by atoms with Crippen molar-refractivity contribution >= 4 is 17.3 Å². The van der Waals surface area contributed by atoms with E-state index in [0.717, 1.165) is 46.8 Å². The second kappa shape index (κ2) is 12.3. The van der Waals surface area contributed by atoms with Gasteiger partial charge in [-0.15, -0.1) is 11.3 Å². The Kier molecular flexibility index (Phi) is 9.56. The van der Waals surface area contributed by atoms with Crippen LogP contribution in [0.5, 0.6) is 5.75 Å². The van der Waals surface area contributed by atoms with Crippen molar-refractivity contribution in [1.82, 2.24) is 9.88 Å². The van der Waals surface area contributed by atoms with E-state index in [9.17, 15) is 23.1 Å². The minimum Gasteiger partial charge on any atom is -0.478 e. The van der Waals surface area contributed by atoms with Gasteiger partial charge >= 0.3 is 12.1 Å². The second-order valence-corrected chi connectivity index (χ2v) is 10.8. The van der Waals surface area contributed by atoms with Gasteiger partial charge in [0.25, 0.3) is 0 Å². The number of carboxylic acids is 1. The fraction of sp³-hybridized carbons (Fsp3) is 0.429. The van der Waals surface area contributed by atoms with Crippen LogP contribution in [-0.2, 0) is 28.8 Å². The molecular formula is C28H33F3N2O4S. The number of rotatable bonds is 12. The summed E-state index contributed by atoms with van der Waals surface area (Å²) in [5.41, 5.74) is 1.36. The van der Waals surface area contributed by atoms with Crippen molar-refractivity contribution in [3.05, 3.63) is 69.7 Å². The molecule has 0 aliphatic heterocycles. The number of alkyl halides is 3. The van der Waals surface area contributed by atoms with Gasteiger partial charge in [0.2, 0.25) is 0 Å². The maximum atomic E-state index is 12.9. The number of carboxylic acid groups (broad SMARTS) is 1. The van der Waals surface area contributed by atoms with E-state index in [1.165, 1.54) is 37.3 Å². The minimum atomic E-state index is -4.37. The quantitative estimate of drug-likeness (QED) is 0.252. The number of aryl methyl sites for hydroxylation is 2. The Morgan fingerprint density at radius 1 is 1.08 bits per heavy atom. The third-order valence-corrected chi connectivity index (χ3v) is 7.26. The van der Waals surface area contributed by atoms with Crippen molar-refractivity contribution in [3.63, 3.8) is 0 Å². The molecule has 0 spiro atoms. The first-order valence-electron chi connectivity index (χ1n) is 12.2. The van der Waals surface area contributed by atoms with Crippen LogP contribution in [-0.4, -0.2) is 46.8 Å². The maximum Gasteiger partial charge on any atom is 0.416 e. The molecule has 6 nitrogen and oxygen atoms in total. The van der Waals surface area contributed by atoms with Gasteiger partial charge in [-0.3, -0.25) is 4.90 Å². The van der Waals surface area contributed by atoms with Crippen LogP contribution < -0.4 is 4.74 Å². The molecule has 3 aromatic rings. The van der Waals surface area contributed by atoms with Gasteiger partial charge in [-0.2, -0.15) is 13.2 Å². The monoisotopic (exact) mass is 550 g/mol. The molecule has 38 heavy (non-hydrogen) atoms. The average Bonchev–Trinajstić information content (AvgIpc) is 3.20. The van der Waals surface area contributed by atoms with E-state index < -0.39 is 23.3 Å². The molecule has 0 aliphatic rings. The molecule has 1 aromatic heterocycles. The molecule has 2 aromatic carbocycles. The van der Waals surface area contributed by atoms with Gasteiger partial charge < -0.3 is 14.6 Å². The number of benzene rings is 2. The zero-order valence-electron chi connectivity index (χ0n) is 22.2. The van der Waals surface area contributed by atoms with Crippen molar-refractivity contribution in [2.75, 3.05) is 20.3 Å². The molecule has 0 fully saturated rings. The summed E-state index contributed by atoms with van der Waals surface area (Å²) in [4.78, 5) is 19.4. The highest BCUT2D eigenvalue weighted by atomic mass is 32.1. The van der Waals surface area contributed by atoms with Crippen LogP contribution in [0.15, 0.2) is 42.5 Å². The molecule has 0 saturated heterocycles. The van der Waals surface area contributed by atoms with Crippen LogP contribution in [0.4, 0.5) is 13.2 Å². The molecule has 1 N–H and O–H groups in total. The highest BCUT2D eigenvalue weighted by Gasteiger charge is 2.31. The number of aromatic nitrogens is 1. The Labute approximate surface area is 225 Å². The van der Waals surface area contributed by atoms with Gasteiger partial charge in [-0.05, 0) is 63.4 Å². The van der Waals surface area contributed by atoms with Crippen molar-refractivity contribution in [1.29, 1.82) is 0 Å². The van der Waals surface area contributed by atoms with Crippen molar-refractivity contribution in [2.45, 2.75) is 59.0 Å². The zero-order chi connectivity index (χ0) is 28.1. The number of thiazole rings is 1. The van der Waals surface area contributed by atoms with Gasteiger partial charge in [0, 0.05) is 43.8 Å². The van der Waals surface area contributed by atoms with Crippen molar-refractivity contribution in [2.24, 2.45) is 0 Å². The first-order chi connectivity index (χ1) is 17.8. The first kappa shape index (κ1) is 29.6. The highest BCUT2D eigenvalue weighted by Crippen LogP contribution is 2.33. The molecule has 1 heterocycles. The predicted octanol–water partition coefficient (Wildman–Crippen LogP) is 6.73. The molecular weight excluding hydrogens is 517 g/mol. The topological polar surface area (TPSA) is 71.9 Å². The Morgan fingerprint density at radius 3 is 2.34 bits per heavy atom. The molecule has 206 valence electrons. The fourth-order valence-corrected chi connectivity index (χ4v) is 4.96. The lowest BCUT2D eigenvalue weighted by Crippen LogP contribution is -2.38. The van der Waals surface area contributed by atoms with Gasteiger partial charge in [0.15, 0.2) is 5.60 Å². The van der Waals surface area contributed by atoms with Crippen LogP contribution in [0.3, 0.4) is 0 Å². The van der Waals surface area contributed by atoms with E-state index in [4.69, 9.17) is 9.47 Å². The Morgan fingerprint density at radius 2 is 1.76 bits per heavy atom. The summed E-state index contributed by atoms with van der Waals surface area (Å²) in [5, 5.41) is 10.0. The second-order valence-electron chi connectivity index (χ2n) is 9.68. The average molecular weight is 551 g/mol. The third kappa shape index (κ3) is 7.78. The summed E-state index contributed by atoms with van der Waals surface area (Å²) in [6, 6.07) is 10.8. The molecule has 0 radical (unpaired) electrons. The van der Waals surface area contributed by atoms with Crippen LogP contribution in [0, 0.1) is 13.8 Å². The lowest BCUT2D eigenvalue weighted by molar-refractivity contribution is -0.152. The molecule has 0 atom stereocenters. The fourth-order valence-electron chi connectivity index (χ4n) is 3.85. The highest BCUT2D eigenvalue weighted by molar-refractivity contribution is 7.15. The Hall–Kier alpha value is -2.95. The Balaban J connectivity index is 1.78. The predicted molar refractivity (Wildman–Crippen MR) is 141 cm³/mol. The van der Waals surface area contributed by atoms with E-state index >= 15 is 0 Å². The molecule has 0 aliphatic carbocycles. The van der Waals surface area contributed by atoms with Crippen molar-refractivity contribution < 1.29 is 32.5 Å². The summed E-state index contributed by atoms with van der Waals surface area (Å²) in [7, 11) is 1.66. The number of halogens is 3. The van der Waals surface area contributed by atoms with E-state index in [1.807, 2.05) is 26.0 Å². The zero-order valence-corrected chi connectivity index (χ0v) is 23.0. The van der Waals surface area contributed by atoms with Crippen LogP contribution >= 0.6 is 11.3 Å². The first-order valence-corrected chi connectivity index (χ1v) is 13.0. The molecule has 0 saturated carbocycles. The minimum absolute atomic E-state index is 0.520. The lowest BCUT2D eigenvalue weighted by atomic mass is 10.1. The normalized spacial score (nSPS) is 12.2. The SMILES string of the molecule is COCCCN(Cc1ccc(OC(C)(C)C(=O)O)c(C)c1)Cc1sc(-c2ccc(C(F)(F)F)cc2)nc1C. The number of carbonyl (C=O) groups is 1. The van der Waals surface area contributed by atoms with Gasteiger partial charge in [-0.25, -0.2) is 9.78 Å². The van der Waals surface area contributed by atoms with E-state index in [1.54, 1.807) is 13.2 Å². The number of hydrogen-bond acceptors (Lipinski definition) is 6. The number of aliphatic carboxylic acids is 1. The van der Waals surface area contributed by atoms with E-state index in [-0.39, 0.29) is 0 Å². The molecule has 0 bridgehead atoms. The number of ether oxygens (including phenoxy) is 2. The van der Waals surface area contributed by atoms with Crippen LogP contribution in [0.2, 0.25) is 0 Å². The summed E-state index contributed by atoms with van der Waals surface area (Å²) in [5.74, 6) is -0.521. The van der Waals surface area contributed by atoms with Gasteiger partial charge in [0.05, 0.1) is 11.3 Å². The molecule has 10 heteroatoms. The number of hydrogen-bond donors (Lipinski definition) is 1. The Bertz CT molecular complexity index is 1240.